The van der Waals surface area contributed by atoms with Gasteiger partial charge in [0.15, 0.2) is 0 Å². The van der Waals surface area contributed by atoms with Crippen LogP contribution in [0.25, 0.3) is 11.0 Å². The van der Waals surface area contributed by atoms with E-state index in [1.807, 2.05) is 42.7 Å². The van der Waals surface area contributed by atoms with E-state index in [0.29, 0.717) is 19.0 Å². The molecule has 2 heterocycles. The molecule has 1 N–H and O–H groups in total. The molecule has 1 aromatic carbocycles. The molecular weight excluding hydrogens is 308 g/mol. The zero-order valence-electron chi connectivity index (χ0n) is 14.2. The van der Waals surface area contributed by atoms with Crippen LogP contribution < -0.4 is 10.2 Å². The van der Waals surface area contributed by atoms with Gasteiger partial charge in [-0.2, -0.15) is 0 Å². The number of hydrogen-bond donors (Lipinski definition) is 1. The number of nitrogens with one attached hydrogen (secondary N) is 1. The van der Waals surface area contributed by atoms with Gasteiger partial charge >= 0.3 is 12.0 Å². The Labute approximate surface area is 140 Å². The number of esters is 1. The van der Waals surface area contributed by atoms with Crippen molar-refractivity contribution in [1.29, 1.82) is 0 Å². The summed E-state index contributed by atoms with van der Waals surface area (Å²) in [4.78, 5) is 30.8. The lowest BCUT2D eigenvalue weighted by molar-refractivity contribution is -0.144. The molecule has 0 aliphatic carbocycles. The van der Waals surface area contributed by atoms with Gasteiger partial charge in [0.2, 0.25) is 5.95 Å². The predicted molar refractivity (Wildman–Crippen MR) is 90.9 cm³/mol. The van der Waals surface area contributed by atoms with Crippen molar-refractivity contribution in [2.24, 2.45) is 5.92 Å². The molecule has 2 amide bonds. The molecule has 2 aromatic rings. The van der Waals surface area contributed by atoms with Crippen molar-refractivity contribution in [1.82, 2.24) is 14.9 Å². The van der Waals surface area contributed by atoms with Crippen molar-refractivity contribution in [3.63, 3.8) is 0 Å². The summed E-state index contributed by atoms with van der Waals surface area (Å²) in [7, 11) is 1.33. The fourth-order valence-electron chi connectivity index (χ4n) is 2.99. The zero-order chi connectivity index (χ0) is 17.3. The summed E-state index contributed by atoms with van der Waals surface area (Å²) in [6.07, 6.45) is 0.762. The first-order valence-electron chi connectivity index (χ1n) is 8.18. The first-order chi connectivity index (χ1) is 11.6. The van der Waals surface area contributed by atoms with Crippen LogP contribution >= 0.6 is 0 Å². The zero-order valence-corrected chi connectivity index (χ0v) is 14.2. The predicted octanol–water partition coefficient (Wildman–Crippen LogP) is 2.15. The molecule has 24 heavy (non-hydrogen) atoms. The number of para-hydroxylation sites is 2. The van der Waals surface area contributed by atoms with Gasteiger partial charge in [-0.3, -0.25) is 4.90 Å². The maximum absolute atomic E-state index is 12.7. The van der Waals surface area contributed by atoms with Crippen LogP contribution in [0.1, 0.15) is 20.3 Å². The number of fused-ring (bicyclic) bond motifs is 3. The highest BCUT2D eigenvalue weighted by Gasteiger charge is 2.33. The number of hydrogen-bond acceptors (Lipinski definition) is 4. The van der Waals surface area contributed by atoms with Crippen LogP contribution in [0.15, 0.2) is 24.3 Å². The molecule has 0 radical (unpaired) electrons. The summed E-state index contributed by atoms with van der Waals surface area (Å²) < 4.78 is 6.84. The van der Waals surface area contributed by atoms with E-state index < -0.39 is 12.0 Å². The first-order valence-corrected chi connectivity index (χ1v) is 8.18. The van der Waals surface area contributed by atoms with Crippen LogP contribution in [0.5, 0.6) is 0 Å². The van der Waals surface area contributed by atoms with Gasteiger partial charge in [-0.25, -0.2) is 14.6 Å². The van der Waals surface area contributed by atoms with Gasteiger partial charge in [-0.05, 0) is 18.1 Å². The third kappa shape index (κ3) is 2.70. The molecule has 0 unspecified atom stereocenters. The molecule has 128 valence electrons. The number of nitrogens with zero attached hydrogens (tertiary/aromatic N) is 3. The normalized spacial score (nSPS) is 15.9. The van der Waals surface area contributed by atoms with Gasteiger partial charge in [-0.1, -0.05) is 32.4 Å². The third-order valence-electron chi connectivity index (χ3n) is 4.62. The Bertz CT molecular complexity index is 770. The van der Waals surface area contributed by atoms with Crippen LogP contribution in [0, 0.1) is 5.92 Å². The van der Waals surface area contributed by atoms with Crippen LogP contribution in [0.2, 0.25) is 0 Å². The Hall–Kier alpha value is -2.57. The summed E-state index contributed by atoms with van der Waals surface area (Å²) in [6, 6.07) is 6.81. The third-order valence-corrected chi connectivity index (χ3v) is 4.62. The number of urea groups is 1. The van der Waals surface area contributed by atoms with Crippen molar-refractivity contribution >= 4 is 29.0 Å². The van der Waals surface area contributed by atoms with Gasteiger partial charge in [0.1, 0.15) is 6.04 Å². The van der Waals surface area contributed by atoms with Crippen molar-refractivity contribution in [3.05, 3.63) is 24.3 Å². The second-order valence-electron chi connectivity index (χ2n) is 6.04. The van der Waals surface area contributed by atoms with Crippen molar-refractivity contribution in [2.45, 2.75) is 32.9 Å². The quantitative estimate of drug-likeness (QED) is 0.872. The number of aromatic nitrogens is 2. The largest absolute Gasteiger partial charge is 0.467 e. The fraction of sp³-hybridized carbons (Fsp3) is 0.471. The van der Waals surface area contributed by atoms with E-state index in [0.717, 1.165) is 17.5 Å². The number of anilines is 1. The van der Waals surface area contributed by atoms with Gasteiger partial charge in [0, 0.05) is 13.1 Å². The highest BCUT2D eigenvalue weighted by Crippen LogP contribution is 2.27. The van der Waals surface area contributed by atoms with Crippen LogP contribution in [0.3, 0.4) is 0 Å². The average molecular weight is 330 g/mol. The maximum atomic E-state index is 12.7. The van der Waals surface area contributed by atoms with Gasteiger partial charge in [0.05, 0.1) is 18.1 Å². The summed E-state index contributed by atoms with van der Waals surface area (Å²) in [5.74, 6) is 0.176. The van der Waals surface area contributed by atoms with Crippen LogP contribution in [-0.2, 0) is 16.1 Å². The Morgan fingerprint density at radius 2 is 2.08 bits per heavy atom. The van der Waals surface area contributed by atoms with Gasteiger partial charge < -0.3 is 14.6 Å². The van der Waals surface area contributed by atoms with E-state index in [-0.39, 0.29) is 11.9 Å². The van der Waals surface area contributed by atoms with E-state index in [4.69, 9.17) is 4.74 Å². The molecule has 7 heteroatoms. The van der Waals surface area contributed by atoms with Crippen molar-refractivity contribution in [2.75, 3.05) is 18.6 Å². The molecule has 0 bridgehead atoms. The molecule has 3 rings (SSSR count). The SMILES string of the molecule is CC[C@@H](C)[C@H](NC(=O)N1CCn2c1nc1ccccc12)C(=O)OC. The first kappa shape index (κ1) is 16.3. The van der Waals surface area contributed by atoms with E-state index in [2.05, 4.69) is 10.3 Å². The van der Waals surface area contributed by atoms with Crippen molar-refractivity contribution in [3.8, 4) is 0 Å². The lowest BCUT2D eigenvalue weighted by atomic mass is 9.99. The maximum Gasteiger partial charge on any atom is 0.328 e. The lowest BCUT2D eigenvalue weighted by Gasteiger charge is -2.24. The number of imidazole rings is 1. The number of amides is 2. The Balaban J connectivity index is 1.83. The van der Waals surface area contributed by atoms with E-state index in [9.17, 15) is 9.59 Å². The molecule has 7 nitrogen and oxygen atoms in total. The van der Waals surface area contributed by atoms with E-state index in [1.54, 1.807) is 4.90 Å². The lowest BCUT2D eigenvalue weighted by Crippen LogP contribution is -2.50. The number of carbonyl (C=O) groups excluding carboxylic acids is 2. The monoisotopic (exact) mass is 330 g/mol. The van der Waals surface area contributed by atoms with Crippen molar-refractivity contribution < 1.29 is 14.3 Å². The standard InChI is InChI=1S/C17H22N4O3/c1-4-11(2)14(15(22)24-3)19-17(23)21-10-9-20-13-8-6-5-7-12(13)18-16(20)21/h5-8,11,14H,4,9-10H2,1-3H3,(H,19,23)/t11-,14+/m1/s1. The topological polar surface area (TPSA) is 76.5 Å². The number of methoxy groups -OCH3 is 1. The fourth-order valence-corrected chi connectivity index (χ4v) is 2.99. The second-order valence-corrected chi connectivity index (χ2v) is 6.04. The summed E-state index contributed by atoms with van der Waals surface area (Å²) >= 11 is 0. The highest BCUT2D eigenvalue weighted by atomic mass is 16.5. The second kappa shape index (κ2) is 6.51. The number of benzene rings is 1. The number of carbonyl (C=O) groups is 2. The van der Waals surface area contributed by atoms with Crippen LogP contribution in [0.4, 0.5) is 10.7 Å². The van der Waals surface area contributed by atoms with E-state index >= 15 is 0 Å². The molecular formula is C17H22N4O3. The Morgan fingerprint density at radius 1 is 1.33 bits per heavy atom. The summed E-state index contributed by atoms with van der Waals surface area (Å²) in [5.41, 5.74) is 1.87. The smallest absolute Gasteiger partial charge is 0.328 e. The molecule has 1 aliphatic rings. The van der Waals surface area contributed by atoms with Crippen LogP contribution in [-0.4, -0.2) is 41.2 Å². The molecule has 0 fully saturated rings. The highest BCUT2D eigenvalue weighted by molar-refractivity contribution is 5.96. The summed E-state index contributed by atoms with van der Waals surface area (Å²) in [6.45, 7) is 5.12. The Morgan fingerprint density at radius 3 is 2.79 bits per heavy atom. The molecule has 1 aromatic heterocycles. The number of ether oxygens (including phenoxy) is 1. The minimum absolute atomic E-state index is 0.0113. The average Bonchev–Trinajstić information content (AvgIpc) is 3.17. The van der Waals surface area contributed by atoms with Gasteiger partial charge in [-0.15, -0.1) is 0 Å². The van der Waals surface area contributed by atoms with E-state index in [1.165, 1.54) is 7.11 Å². The minimum atomic E-state index is -0.661. The molecule has 0 saturated carbocycles. The van der Waals surface area contributed by atoms with Gasteiger partial charge in [0.25, 0.3) is 0 Å². The molecule has 0 spiro atoms. The minimum Gasteiger partial charge on any atom is -0.467 e. The Kier molecular flexibility index (Phi) is 4.42. The summed E-state index contributed by atoms with van der Waals surface area (Å²) in [5, 5.41) is 2.80. The molecule has 2 atom stereocenters. The number of rotatable bonds is 4. The molecule has 1 aliphatic heterocycles. The molecule has 0 saturated heterocycles.